The van der Waals surface area contributed by atoms with E-state index in [1.165, 1.54) is 12.1 Å². The van der Waals surface area contributed by atoms with Gasteiger partial charge in [0, 0.05) is 31.4 Å². The number of nitrogens with zero attached hydrogens (tertiary/aromatic N) is 2. The van der Waals surface area contributed by atoms with Gasteiger partial charge in [0.2, 0.25) is 5.91 Å². The minimum Gasteiger partial charge on any atom is -0.497 e. The van der Waals surface area contributed by atoms with E-state index in [1.54, 1.807) is 24.1 Å². The van der Waals surface area contributed by atoms with Crippen LogP contribution in [0.25, 0.3) is 0 Å². The largest absolute Gasteiger partial charge is 0.497 e. The zero-order valence-electron chi connectivity index (χ0n) is 14.9. The van der Waals surface area contributed by atoms with Gasteiger partial charge in [-0.25, -0.2) is 4.39 Å². The van der Waals surface area contributed by atoms with Crippen LogP contribution in [0, 0.1) is 5.82 Å². The van der Waals surface area contributed by atoms with E-state index < -0.39 is 0 Å². The summed E-state index contributed by atoms with van der Waals surface area (Å²) in [7, 11) is 1.62. The lowest BCUT2D eigenvalue weighted by atomic mass is 10.2. The molecule has 0 unspecified atom stereocenters. The SMILES string of the molecule is COc1cccc(N2CCN(CCCOc3ccc(F)cc3)CC2=O)c1. The number of anilines is 1. The van der Waals surface area contributed by atoms with Crippen LogP contribution in [-0.4, -0.2) is 50.7 Å². The molecule has 2 aromatic rings. The molecule has 1 aliphatic rings. The number of hydrogen-bond donors (Lipinski definition) is 0. The van der Waals surface area contributed by atoms with Crippen LogP contribution in [0.3, 0.4) is 0 Å². The van der Waals surface area contributed by atoms with E-state index in [1.807, 2.05) is 24.3 Å². The highest BCUT2D eigenvalue weighted by Gasteiger charge is 2.24. The molecule has 138 valence electrons. The minimum atomic E-state index is -0.273. The standard InChI is InChI=1S/C20H23FN2O3/c1-25-19-5-2-4-17(14-19)23-12-11-22(15-20(23)24)10-3-13-26-18-8-6-16(21)7-9-18/h2,4-9,14H,3,10-13,15H2,1H3. The lowest BCUT2D eigenvalue weighted by molar-refractivity contribution is -0.121. The molecular weight excluding hydrogens is 335 g/mol. The number of piperazine rings is 1. The molecule has 26 heavy (non-hydrogen) atoms. The summed E-state index contributed by atoms with van der Waals surface area (Å²) in [6.07, 6.45) is 0.809. The van der Waals surface area contributed by atoms with Gasteiger partial charge in [-0.3, -0.25) is 9.69 Å². The van der Waals surface area contributed by atoms with Gasteiger partial charge in [0.1, 0.15) is 17.3 Å². The van der Waals surface area contributed by atoms with Gasteiger partial charge in [-0.15, -0.1) is 0 Å². The molecule has 1 saturated heterocycles. The number of benzene rings is 2. The Bertz CT molecular complexity index is 736. The fourth-order valence-electron chi connectivity index (χ4n) is 2.97. The second-order valence-electron chi connectivity index (χ2n) is 6.18. The minimum absolute atomic E-state index is 0.0870. The lowest BCUT2D eigenvalue weighted by Gasteiger charge is -2.34. The monoisotopic (exact) mass is 358 g/mol. The van der Waals surface area contributed by atoms with Gasteiger partial charge in [0.05, 0.1) is 20.3 Å². The molecule has 0 atom stereocenters. The quantitative estimate of drug-likeness (QED) is 0.714. The number of hydrogen-bond acceptors (Lipinski definition) is 4. The van der Waals surface area contributed by atoms with Crippen LogP contribution in [0.1, 0.15) is 6.42 Å². The molecule has 2 aromatic carbocycles. The summed E-state index contributed by atoms with van der Waals surface area (Å²) in [5.74, 6) is 1.22. The summed E-state index contributed by atoms with van der Waals surface area (Å²) >= 11 is 0. The van der Waals surface area contributed by atoms with Crippen LogP contribution >= 0.6 is 0 Å². The Balaban J connectivity index is 1.43. The van der Waals surface area contributed by atoms with Crippen LogP contribution in [-0.2, 0) is 4.79 Å². The van der Waals surface area contributed by atoms with Crippen LogP contribution in [0.15, 0.2) is 48.5 Å². The van der Waals surface area contributed by atoms with E-state index in [2.05, 4.69) is 4.90 Å². The Kier molecular flexibility index (Phi) is 6.07. The molecule has 3 rings (SSSR count). The van der Waals surface area contributed by atoms with E-state index in [-0.39, 0.29) is 11.7 Å². The summed E-state index contributed by atoms with van der Waals surface area (Å²) in [5, 5.41) is 0. The van der Waals surface area contributed by atoms with Gasteiger partial charge in [-0.05, 0) is 42.8 Å². The summed E-state index contributed by atoms with van der Waals surface area (Å²) in [5.41, 5.74) is 0.869. The van der Waals surface area contributed by atoms with E-state index >= 15 is 0 Å². The van der Waals surface area contributed by atoms with E-state index in [0.717, 1.165) is 30.9 Å². The molecule has 1 fully saturated rings. The fourth-order valence-corrected chi connectivity index (χ4v) is 2.97. The molecule has 0 spiro atoms. The fraction of sp³-hybridized carbons (Fsp3) is 0.350. The first-order valence-electron chi connectivity index (χ1n) is 8.71. The van der Waals surface area contributed by atoms with Gasteiger partial charge >= 0.3 is 0 Å². The number of rotatable bonds is 7. The molecule has 0 bridgehead atoms. The van der Waals surface area contributed by atoms with Crippen molar-refractivity contribution >= 4 is 11.6 Å². The van der Waals surface area contributed by atoms with Gasteiger partial charge in [-0.2, -0.15) is 0 Å². The number of methoxy groups -OCH3 is 1. The summed E-state index contributed by atoms with van der Waals surface area (Å²) in [4.78, 5) is 16.4. The van der Waals surface area contributed by atoms with Crippen molar-refractivity contribution in [2.24, 2.45) is 0 Å². The number of halogens is 1. The van der Waals surface area contributed by atoms with Crippen LogP contribution in [0.2, 0.25) is 0 Å². The highest BCUT2D eigenvalue weighted by atomic mass is 19.1. The topological polar surface area (TPSA) is 42.0 Å². The smallest absolute Gasteiger partial charge is 0.241 e. The first-order valence-corrected chi connectivity index (χ1v) is 8.71. The number of amides is 1. The maximum absolute atomic E-state index is 12.8. The molecule has 0 saturated carbocycles. The van der Waals surface area contributed by atoms with Crippen molar-refractivity contribution in [3.05, 3.63) is 54.3 Å². The number of ether oxygens (including phenoxy) is 2. The summed E-state index contributed by atoms with van der Waals surface area (Å²) in [6.45, 7) is 3.20. The van der Waals surface area contributed by atoms with Crippen LogP contribution in [0.4, 0.5) is 10.1 Å². The Morgan fingerprint density at radius 3 is 2.62 bits per heavy atom. The number of carbonyl (C=O) groups is 1. The van der Waals surface area contributed by atoms with Crippen molar-refractivity contribution in [3.63, 3.8) is 0 Å². The lowest BCUT2D eigenvalue weighted by Crippen LogP contribution is -2.50. The van der Waals surface area contributed by atoms with E-state index in [4.69, 9.17) is 9.47 Å². The molecule has 1 heterocycles. The molecule has 0 N–H and O–H groups in total. The Morgan fingerprint density at radius 1 is 1.08 bits per heavy atom. The molecule has 1 amide bonds. The van der Waals surface area contributed by atoms with Crippen LogP contribution < -0.4 is 14.4 Å². The van der Waals surface area contributed by atoms with Crippen molar-refractivity contribution < 1.29 is 18.7 Å². The normalized spacial score (nSPS) is 15.2. The average molecular weight is 358 g/mol. The predicted molar refractivity (Wildman–Crippen MR) is 98.3 cm³/mol. The Labute approximate surface area is 152 Å². The van der Waals surface area contributed by atoms with E-state index in [0.29, 0.717) is 25.4 Å². The first kappa shape index (κ1) is 18.2. The third kappa shape index (κ3) is 4.73. The van der Waals surface area contributed by atoms with Crippen molar-refractivity contribution in [1.29, 1.82) is 0 Å². The van der Waals surface area contributed by atoms with Gasteiger partial charge < -0.3 is 14.4 Å². The molecule has 0 aromatic heterocycles. The Hall–Kier alpha value is -2.60. The van der Waals surface area contributed by atoms with E-state index in [9.17, 15) is 9.18 Å². The molecule has 6 heteroatoms. The third-order valence-electron chi connectivity index (χ3n) is 4.37. The Morgan fingerprint density at radius 2 is 1.88 bits per heavy atom. The maximum atomic E-state index is 12.8. The summed E-state index contributed by atoms with van der Waals surface area (Å²) in [6, 6.07) is 13.6. The predicted octanol–water partition coefficient (Wildman–Crippen LogP) is 2.95. The summed E-state index contributed by atoms with van der Waals surface area (Å²) < 4.78 is 23.7. The van der Waals surface area contributed by atoms with Crippen LogP contribution in [0.5, 0.6) is 11.5 Å². The number of carbonyl (C=O) groups excluding carboxylic acids is 1. The van der Waals surface area contributed by atoms with Gasteiger partial charge in [0.15, 0.2) is 0 Å². The van der Waals surface area contributed by atoms with Crippen molar-refractivity contribution in [3.8, 4) is 11.5 Å². The molecular formula is C20H23FN2O3. The van der Waals surface area contributed by atoms with Crippen molar-refractivity contribution in [2.75, 3.05) is 44.8 Å². The molecule has 1 aliphatic heterocycles. The highest BCUT2D eigenvalue weighted by Crippen LogP contribution is 2.22. The zero-order valence-corrected chi connectivity index (χ0v) is 14.9. The van der Waals surface area contributed by atoms with Crippen molar-refractivity contribution in [2.45, 2.75) is 6.42 Å². The molecule has 0 aliphatic carbocycles. The second kappa shape index (κ2) is 8.67. The van der Waals surface area contributed by atoms with Crippen molar-refractivity contribution in [1.82, 2.24) is 4.90 Å². The second-order valence-corrected chi connectivity index (χ2v) is 6.18. The molecule has 0 radical (unpaired) electrons. The van der Waals surface area contributed by atoms with Gasteiger partial charge in [0.25, 0.3) is 0 Å². The third-order valence-corrected chi connectivity index (χ3v) is 4.37. The zero-order chi connectivity index (χ0) is 18.4. The average Bonchev–Trinajstić information content (AvgIpc) is 2.67. The molecule has 5 nitrogen and oxygen atoms in total. The maximum Gasteiger partial charge on any atom is 0.241 e. The van der Waals surface area contributed by atoms with Gasteiger partial charge in [-0.1, -0.05) is 6.07 Å². The highest BCUT2D eigenvalue weighted by molar-refractivity contribution is 5.95. The first-order chi connectivity index (χ1) is 12.7.